The molecule has 16 nitrogen and oxygen atoms in total. The molecule has 362 valence electrons. The Kier molecular flexibility index (Phi) is 20.8. The second-order valence-electron chi connectivity index (χ2n) is 17.9. The van der Waals surface area contributed by atoms with Crippen LogP contribution in [0.3, 0.4) is 0 Å². The lowest BCUT2D eigenvalue weighted by molar-refractivity contribution is -0.149. The van der Waals surface area contributed by atoms with Gasteiger partial charge in [0, 0.05) is 0 Å². The molecule has 2 saturated carbocycles. The van der Waals surface area contributed by atoms with E-state index in [-0.39, 0.29) is 88.9 Å². The van der Waals surface area contributed by atoms with Crippen molar-refractivity contribution >= 4 is 23.9 Å². The van der Waals surface area contributed by atoms with E-state index < -0.39 is 30.5 Å². The lowest BCUT2D eigenvalue weighted by Gasteiger charge is -2.32. The van der Waals surface area contributed by atoms with Gasteiger partial charge in [0.1, 0.15) is 31.3 Å². The summed E-state index contributed by atoms with van der Waals surface area (Å²) in [5.41, 5.74) is 4.58. The molecule has 16 heteroatoms. The van der Waals surface area contributed by atoms with Gasteiger partial charge in [-0.3, -0.25) is 4.79 Å². The van der Waals surface area contributed by atoms with Gasteiger partial charge in [0.05, 0.1) is 50.7 Å². The third kappa shape index (κ3) is 15.6. The Balaban J connectivity index is 0.000000244. The summed E-state index contributed by atoms with van der Waals surface area (Å²) in [5.74, 6) is 0.241. The van der Waals surface area contributed by atoms with Gasteiger partial charge >= 0.3 is 23.9 Å². The molecule has 0 bridgehead atoms. The summed E-state index contributed by atoms with van der Waals surface area (Å²) >= 11 is 0. The first kappa shape index (κ1) is 51.7. The van der Waals surface area contributed by atoms with Crippen molar-refractivity contribution in [2.45, 2.75) is 122 Å². The van der Waals surface area contributed by atoms with Crippen molar-refractivity contribution in [3.63, 3.8) is 0 Å². The molecule has 0 saturated heterocycles. The van der Waals surface area contributed by atoms with Crippen molar-refractivity contribution in [3.05, 3.63) is 58.7 Å². The number of carboxylic acid groups (broad SMARTS) is 2. The maximum Gasteiger partial charge on any atom is 0.344 e. The van der Waals surface area contributed by atoms with Gasteiger partial charge in [-0.1, -0.05) is 38.1 Å². The lowest BCUT2D eigenvalue weighted by atomic mass is 9.73. The average molecular weight is 915 g/mol. The van der Waals surface area contributed by atoms with Crippen molar-refractivity contribution in [1.29, 1.82) is 0 Å². The summed E-state index contributed by atoms with van der Waals surface area (Å²) in [4.78, 5) is 44.7. The molecule has 0 heterocycles. The zero-order valence-corrected chi connectivity index (χ0v) is 37.9. The Labute approximate surface area is 381 Å². The molecule has 6 rings (SSSR count). The summed E-state index contributed by atoms with van der Waals surface area (Å²) in [6.45, 7) is 3.33. The number of aliphatic hydroxyl groups excluding tert-OH is 4. The number of aliphatic carboxylic acids is 2. The van der Waals surface area contributed by atoms with Crippen LogP contribution in [-0.2, 0) is 63.8 Å². The highest BCUT2D eigenvalue weighted by atomic mass is 16.6. The Morgan fingerprint density at radius 3 is 1.49 bits per heavy atom. The van der Waals surface area contributed by atoms with E-state index in [1.54, 1.807) is 0 Å². The number of hydrogen-bond acceptors (Lipinski definition) is 14. The minimum Gasteiger partial charge on any atom is -0.482 e. The highest BCUT2D eigenvalue weighted by Gasteiger charge is 2.46. The maximum atomic E-state index is 12.0. The predicted octanol–water partition coefficient (Wildman–Crippen LogP) is 4.34. The highest BCUT2D eigenvalue weighted by molar-refractivity contribution is 5.71. The van der Waals surface area contributed by atoms with Gasteiger partial charge in [0.15, 0.2) is 13.2 Å². The molecular weight excluding hydrogens is 845 g/mol. The molecule has 0 spiro atoms. The van der Waals surface area contributed by atoms with Gasteiger partial charge in [-0.25, -0.2) is 14.4 Å². The van der Waals surface area contributed by atoms with Gasteiger partial charge in [0.25, 0.3) is 0 Å². The third-order valence-corrected chi connectivity index (χ3v) is 13.7. The number of benzene rings is 2. The van der Waals surface area contributed by atoms with Crippen LogP contribution in [0.5, 0.6) is 11.5 Å². The van der Waals surface area contributed by atoms with Crippen LogP contribution in [0.2, 0.25) is 0 Å². The molecule has 0 amide bonds. The summed E-state index contributed by atoms with van der Waals surface area (Å²) in [7, 11) is 0. The van der Waals surface area contributed by atoms with E-state index in [9.17, 15) is 39.6 Å². The lowest BCUT2D eigenvalue weighted by Crippen LogP contribution is -2.28. The smallest absolute Gasteiger partial charge is 0.344 e. The number of hydrogen-bond donors (Lipinski definition) is 6. The molecule has 0 aromatic heterocycles. The molecule has 10 atom stereocenters. The van der Waals surface area contributed by atoms with Crippen molar-refractivity contribution in [2.75, 3.05) is 52.9 Å². The average Bonchev–Trinajstić information content (AvgIpc) is 3.77. The number of carboxylic acids is 2. The number of carbonyl (C=O) groups is 4. The van der Waals surface area contributed by atoms with Gasteiger partial charge < -0.3 is 59.1 Å². The van der Waals surface area contributed by atoms with Gasteiger partial charge in [-0.15, -0.1) is 0 Å². The fourth-order valence-electron chi connectivity index (χ4n) is 10.3. The first-order valence-electron chi connectivity index (χ1n) is 23.4. The summed E-state index contributed by atoms with van der Waals surface area (Å²) in [6.07, 6.45) is 8.10. The fourth-order valence-corrected chi connectivity index (χ4v) is 10.3. The van der Waals surface area contributed by atoms with Crippen LogP contribution in [0.4, 0.5) is 0 Å². The Bertz CT molecular complexity index is 1830. The fraction of sp³-hybridized carbons (Fsp3) is 0.673. The first-order valence-corrected chi connectivity index (χ1v) is 23.4. The Hall–Kier alpha value is -4.32. The normalized spacial score (nSPS) is 24.8. The third-order valence-electron chi connectivity index (χ3n) is 13.7. The molecule has 0 unspecified atom stereocenters. The van der Waals surface area contributed by atoms with E-state index in [1.165, 1.54) is 11.1 Å². The van der Waals surface area contributed by atoms with Gasteiger partial charge in [0.2, 0.25) is 0 Å². The van der Waals surface area contributed by atoms with Crippen molar-refractivity contribution in [1.82, 2.24) is 0 Å². The van der Waals surface area contributed by atoms with Crippen LogP contribution in [0.15, 0.2) is 36.4 Å². The number of esters is 2. The van der Waals surface area contributed by atoms with Crippen LogP contribution >= 0.6 is 0 Å². The molecular formula is C49H70O16. The van der Waals surface area contributed by atoms with Crippen LogP contribution in [0.1, 0.15) is 93.9 Å². The summed E-state index contributed by atoms with van der Waals surface area (Å²) in [6, 6.07) is 11.7. The largest absolute Gasteiger partial charge is 0.482 e. The molecule has 4 aliphatic rings. The number of ether oxygens (including phenoxy) is 6. The monoisotopic (exact) mass is 914 g/mol. The number of fused-ring (bicyclic) bond motifs is 4. The Morgan fingerprint density at radius 1 is 0.600 bits per heavy atom. The molecule has 65 heavy (non-hydrogen) atoms. The zero-order chi connectivity index (χ0) is 46.9. The van der Waals surface area contributed by atoms with Crippen molar-refractivity contribution in [2.24, 2.45) is 35.5 Å². The van der Waals surface area contributed by atoms with Crippen LogP contribution in [0.25, 0.3) is 0 Å². The van der Waals surface area contributed by atoms with Crippen LogP contribution in [0, 0.1) is 35.5 Å². The van der Waals surface area contributed by atoms with Gasteiger partial charge in [-0.2, -0.15) is 0 Å². The molecule has 0 aliphatic heterocycles. The molecule has 6 N–H and O–H groups in total. The topological polar surface area (TPSA) is 245 Å². The summed E-state index contributed by atoms with van der Waals surface area (Å²) < 4.78 is 31.5. The number of aliphatic hydroxyl groups is 4. The Morgan fingerprint density at radius 2 is 1.06 bits per heavy atom. The highest BCUT2D eigenvalue weighted by Crippen LogP contribution is 2.50. The minimum absolute atomic E-state index is 0.0145. The zero-order valence-electron chi connectivity index (χ0n) is 37.9. The molecule has 2 aromatic rings. The number of rotatable bonds is 25. The van der Waals surface area contributed by atoms with E-state index >= 15 is 0 Å². The van der Waals surface area contributed by atoms with E-state index in [2.05, 4.69) is 12.1 Å². The summed E-state index contributed by atoms with van der Waals surface area (Å²) in [5, 5.41) is 58.3. The molecule has 2 aromatic carbocycles. The second-order valence-corrected chi connectivity index (χ2v) is 17.9. The van der Waals surface area contributed by atoms with Gasteiger partial charge in [-0.05, 0) is 147 Å². The van der Waals surface area contributed by atoms with Crippen LogP contribution < -0.4 is 9.47 Å². The predicted molar refractivity (Wildman–Crippen MR) is 235 cm³/mol. The molecule has 0 radical (unpaired) electrons. The van der Waals surface area contributed by atoms with E-state index in [0.29, 0.717) is 35.2 Å². The SMILES string of the molecule is CC[C@H](O)CC[C@@H]1[C@H]2Cc3cccc(OCC(=O)OCCOCC(=O)O)c3C[C@H]2C[C@H]1O.CC[C@H](O)CC[C@@H]1[C@H]2Cc3cccc(OCC(=O)OCCOCCC(=O)O)c3C[C@H]2C[C@H]1O. The first-order chi connectivity index (χ1) is 31.3. The van der Waals surface area contributed by atoms with E-state index in [4.69, 9.17) is 38.6 Å². The van der Waals surface area contributed by atoms with E-state index in [1.807, 2.05) is 38.1 Å². The molecule has 4 aliphatic carbocycles. The van der Waals surface area contributed by atoms with Crippen molar-refractivity contribution in [3.8, 4) is 11.5 Å². The van der Waals surface area contributed by atoms with E-state index in [0.717, 1.165) is 88.2 Å². The number of carbonyl (C=O) groups excluding carboxylic acids is 2. The van der Waals surface area contributed by atoms with Crippen molar-refractivity contribution < 1.29 is 78.2 Å². The quantitative estimate of drug-likeness (QED) is 0.0600. The maximum absolute atomic E-state index is 12.0. The standard InChI is InChI=1S/C25H36O8.C24H34O8/c1-2-18(26)6-7-19-20-12-16-4-3-5-23(21(16)13-17(20)14-22(19)27)33-15-25(30)32-11-10-31-9-8-24(28)29;1-2-17(25)6-7-18-19-10-15-4-3-5-22(20(15)11-16(19)12-21(18)26)32-14-24(29)31-9-8-30-13-23(27)28/h3-5,17-20,22,26-27H,2,6-15H2,1H3,(H,28,29);3-5,16-19,21,25-26H,2,6-14H2,1H3,(H,27,28)/t17-,18-,19+,20-,22+;16-,17-,18+,19-,21+/m00/s1. The minimum atomic E-state index is -1.07. The second kappa shape index (κ2) is 26.1. The van der Waals surface area contributed by atoms with Crippen LogP contribution in [-0.4, -0.2) is 132 Å². The molecule has 2 fully saturated rings.